The average Bonchev–Trinajstić information content (AvgIpc) is 2.15. The largest absolute Gasteiger partial charge is 0.478 e. The van der Waals surface area contributed by atoms with Gasteiger partial charge >= 0.3 is 0 Å². The van der Waals surface area contributed by atoms with E-state index >= 15 is 0 Å². The van der Waals surface area contributed by atoms with Crippen LogP contribution in [0.25, 0.3) is 0 Å². The molecule has 0 aliphatic carbocycles. The van der Waals surface area contributed by atoms with Crippen molar-refractivity contribution in [2.24, 2.45) is 0 Å². The van der Waals surface area contributed by atoms with Crippen molar-refractivity contribution in [2.45, 2.75) is 39.7 Å². The van der Waals surface area contributed by atoms with Crippen LogP contribution in [-0.4, -0.2) is 33.8 Å². The van der Waals surface area contributed by atoms with E-state index in [1.54, 1.807) is 6.07 Å². The molecule has 1 rings (SSSR count). The Kier molecular flexibility index (Phi) is 4.69. The van der Waals surface area contributed by atoms with Gasteiger partial charge in [0.2, 0.25) is 5.88 Å². The molecule has 1 aromatic heterocycles. The van der Waals surface area contributed by atoms with E-state index in [-0.39, 0.29) is 12.1 Å². The Labute approximate surface area is 102 Å². The second-order valence-electron chi connectivity index (χ2n) is 4.55. The van der Waals surface area contributed by atoms with Gasteiger partial charge < -0.3 is 15.2 Å². The van der Waals surface area contributed by atoms with Gasteiger partial charge in [-0.15, -0.1) is 0 Å². The highest BCUT2D eigenvalue weighted by Crippen LogP contribution is 2.19. The lowest BCUT2D eigenvalue weighted by Gasteiger charge is -2.26. The Morgan fingerprint density at radius 1 is 1.41 bits per heavy atom. The maximum atomic E-state index is 8.98. The molecule has 5 nitrogen and oxygen atoms in total. The maximum absolute atomic E-state index is 8.98. The molecule has 1 heterocycles. The Bertz CT molecular complexity index is 367. The fourth-order valence-corrected chi connectivity index (χ4v) is 1.51. The molecule has 1 aromatic rings. The number of hydrogen-bond acceptors (Lipinski definition) is 5. The molecule has 17 heavy (non-hydrogen) atoms. The topological polar surface area (TPSA) is 67.3 Å². The summed E-state index contributed by atoms with van der Waals surface area (Å²) in [5, 5.41) is 12.2. The van der Waals surface area contributed by atoms with Crippen LogP contribution in [0.15, 0.2) is 6.07 Å². The summed E-state index contributed by atoms with van der Waals surface area (Å²) < 4.78 is 5.36. The number of ether oxygens (including phenoxy) is 1. The van der Waals surface area contributed by atoms with Crippen molar-refractivity contribution in [1.29, 1.82) is 0 Å². The van der Waals surface area contributed by atoms with Crippen LogP contribution in [0, 0.1) is 6.92 Å². The first-order valence-electron chi connectivity index (χ1n) is 5.84. The molecule has 0 amide bonds. The SMILES string of the molecule is CCOc1cc(NC(C)(C)CCO)nc(C)n1. The van der Waals surface area contributed by atoms with Crippen LogP contribution in [0.3, 0.4) is 0 Å². The first-order valence-corrected chi connectivity index (χ1v) is 5.84. The van der Waals surface area contributed by atoms with E-state index in [9.17, 15) is 0 Å². The van der Waals surface area contributed by atoms with Gasteiger partial charge in [-0.1, -0.05) is 0 Å². The third kappa shape index (κ3) is 4.56. The second-order valence-corrected chi connectivity index (χ2v) is 4.55. The molecule has 0 unspecified atom stereocenters. The predicted octanol–water partition coefficient (Wildman–Crippen LogP) is 1.76. The lowest BCUT2D eigenvalue weighted by molar-refractivity contribution is 0.260. The molecule has 5 heteroatoms. The third-order valence-electron chi connectivity index (χ3n) is 2.31. The Hall–Kier alpha value is -1.36. The van der Waals surface area contributed by atoms with Crippen molar-refractivity contribution in [3.63, 3.8) is 0 Å². The van der Waals surface area contributed by atoms with Gasteiger partial charge in [-0.3, -0.25) is 0 Å². The number of nitrogens with one attached hydrogen (secondary N) is 1. The first kappa shape index (κ1) is 13.7. The number of nitrogens with zero attached hydrogens (tertiary/aromatic N) is 2. The molecule has 0 fully saturated rings. The highest BCUT2D eigenvalue weighted by Gasteiger charge is 2.17. The minimum absolute atomic E-state index is 0.141. The van der Waals surface area contributed by atoms with E-state index in [4.69, 9.17) is 9.84 Å². The van der Waals surface area contributed by atoms with E-state index in [2.05, 4.69) is 15.3 Å². The predicted molar refractivity (Wildman–Crippen MR) is 67.3 cm³/mol. The zero-order valence-corrected chi connectivity index (χ0v) is 10.9. The Morgan fingerprint density at radius 2 is 2.12 bits per heavy atom. The van der Waals surface area contributed by atoms with Crippen molar-refractivity contribution in [3.8, 4) is 5.88 Å². The zero-order chi connectivity index (χ0) is 12.9. The van der Waals surface area contributed by atoms with Crippen LogP contribution < -0.4 is 10.1 Å². The minimum Gasteiger partial charge on any atom is -0.478 e. The smallest absolute Gasteiger partial charge is 0.218 e. The Balaban J connectivity index is 2.83. The zero-order valence-electron chi connectivity index (χ0n) is 10.9. The minimum atomic E-state index is -0.209. The van der Waals surface area contributed by atoms with Crippen LogP contribution in [0.2, 0.25) is 0 Å². The number of aromatic nitrogens is 2. The fourth-order valence-electron chi connectivity index (χ4n) is 1.51. The fraction of sp³-hybridized carbons (Fsp3) is 0.667. The van der Waals surface area contributed by atoms with Crippen LogP contribution in [0.1, 0.15) is 33.0 Å². The van der Waals surface area contributed by atoms with Crippen LogP contribution in [0.5, 0.6) is 5.88 Å². The highest BCUT2D eigenvalue weighted by molar-refractivity contribution is 5.40. The summed E-state index contributed by atoms with van der Waals surface area (Å²) in [6, 6.07) is 1.77. The van der Waals surface area contributed by atoms with Crippen LogP contribution in [0.4, 0.5) is 5.82 Å². The van der Waals surface area contributed by atoms with E-state index < -0.39 is 0 Å². The standard InChI is InChI=1S/C12H21N3O2/c1-5-17-11-8-10(13-9(2)14-11)15-12(3,4)6-7-16/h8,16H,5-7H2,1-4H3,(H,13,14,15). The molecule has 0 saturated carbocycles. The normalized spacial score (nSPS) is 11.4. The lowest BCUT2D eigenvalue weighted by Crippen LogP contribution is -2.32. The lowest BCUT2D eigenvalue weighted by atomic mass is 10.0. The number of anilines is 1. The molecule has 0 saturated heterocycles. The molecular weight excluding hydrogens is 218 g/mol. The molecule has 0 aliphatic heterocycles. The molecule has 0 radical (unpaired) electrons. The summed E-state index contributed by atoms with van der Waals surface area (Å²) in [4.78, 5) is 8.48. The first-order chi connectivity index (χ1) is 7.96. The van der Waals surface area contributed by atoms with E-state index in [0.717, 1.165) is 5.82 Å². The van der Waals surface area contributed by atoms with Gasteiger partial charge in [0.25, 0.3) is 0 Å². The maximum Gasteiger partial charge on any atom is 0.218 e. The molecule has 0 atom stereocenters. The second kappa shape index (κ2) is 5.82. The van der Waals surface area contributed by atoms with Crippen molar-refractivity contribution >= 4 is 5.82 Å². The third-order valence-corrected chi connectivity index (χ3v) is 2.31. The number of hydrogen-bond donors (Lipinski definition) is 2. The average molecular weight is 239 g/mol. The Morgan fingerprint density at radius 3 is 2.71 bits per heavy atom. The summed E-state index contributed by atoms with van der Waals surface area (Å²) in [5.74, 6) is 1.96. The van der Waals surface area contributed by atoms with E-state index in [1.165, 1.54) is 0 Å². The van der Waals surface area contributed by atoms with Crippen LogP contribution in [-0.2, 0) is 0 Å². The van der Waals surface area contributed by atoms with Gasteiger partial charge in [0.15, 0.2) is 0 Å². The molecule has 2 N–H and O–H groups in total. The van der Waals surface area contributed by atoms with E-state index in [1.807, 2.05) is 27.7 Å². The molecule has 0 aliphatic rings. The highest BCUT2D eigenvalue weighted by atomic mass is 16.5. The van der Waals surface area contributed by atoms with Gasteiger partial charge in [-0.2, -0.15) is 4.98 Å². The summed E-state index contributed by atoms with van der Waals surface area (Å²) >= 11 is 0. The van der Waals surface area contributed by atoms with Gasteiger partial charge in [0.05, 0.1) is 6.61 Å². The van der Waals surface area contributed by atoms with Crippen LogP contribution >= 0.6 is 0 Å². The molecule has 96 valence electrons. The summed E-state index contributed by atoms with van der Waals surface area (Å²) in [7, 11) is 0. The van der Waals surface area contributed by atoms with Gasteiger partial charge in [-0.05, 0) is 34.1 Å². The van der Waals surface area contributed by atoms with Gasteiger partial charge in [-0.25, -0.2) is 4.98 Å². The van der Waals surface area contributed by atoms with Crippen molar-refractivity contribution in [3.05, 3.63) is 11.9 Å². The van der Waals surface area contributed by atoms with E-state index in [0.29, 0.717) is 24.7 Å². The van der Waals surface area contributed by atoms with Gasteiger partial charge in [0, 0.05) is 18.2 Å². The van der Waals surface area contributed by atoms with Gasteiger partial charge in [0.1, 0.15) is 11.6 Å². The van der Waals surface area contributed by atoms with Crippen molar-refractivity contribution < 1.29 is 9.84 Å². The monoisotopic (exact) mass is 239 g/mol. The summed E-state index contributed by atoms with van der Waals surface area (Å²) in [6.45, 7) is 8.49. The number of aliphatic hydroxyl groups is 1. The molecule has 0 aromatic carbocycles. The summed E-state index contributed by atoms with van der Waals surface area (Å²) in [5.41, 5.74) is -0.209. The number of rotatable bonds is 6. The van der Waals surface area contributed by atoms with Crippen molar-refractivity contribution in [2.75, 3.05) is 18.5 Å². The molecular formula is C12H21N3O2. The summed E-state index contributed by atoms with van der Waals surface area (Å²) in [6.07, 6.45) is 0.653. The number of aryl methyl sites for hydroxylation is 1. The number of aliphatic hydroxyl groups excluding tert-OH is 1. The quantitative estimate of drug-likeness (QED) is 0.791. The molecule has 0 bridgehead atoms. The van der Waals surface area contributed by atoms with Crippen molar-refractivity contribution in [1.82, 2.24) is 9.97 Å². The molecule has 0 spiro atoms.